The number of carbonyl (C=O) groups is 1. The number of aryl methyl sites for hydroxylation is 1. The van der Waals surface area contributed by atoms with Crippen molar-refractivity contribution in [2.75, 3.05) is 20.1 Å². The second kappa shape index (κ2) is 6.70. The van der Waals surface area contributed by atoms with Gasteiger partial charge >= 0.3 is 0 Å². The number of hydrogen-bond donors (Lipinski definition) is 1. The Hall–Kier alpha value is -1.36. The predicted octanol–water partition coefficient (Wildman–Crippen LogP) is 1.16. The van der Waals surface area contributed by atoms with E-state index < -0.39 is 0 Å². The highest BCUT2D eigenvalue weighted by Gasteiger charge is 2.17. The van der Waals surface area contributed by atoms with Crippen molar-refractivity contribution in [1.82, 2.24) is 19.8 Å². The minimum absolute atomic E-state index is 0.224. The molecule has 1 aromatic rings. The Kier molecular flexibility index (Phi) is 4.96. The third kappa shape index (κ3) is 4.06. The molecule has 0 unspecified atom stereocenters. The largest absolute Gasteiger partial charge is 0.338 e. The summed E-state index contributed by atoms with van der Waals surface area (Å²) in [7, 11) is 3.81. The first-order valence-corrected chi connectivity index (χ1v) is 7.07. The van der Waals surface area contributed by atoms with Crippen LogP contribution in [0.1, 0.15) is 31.5 Å². The van der Waals surface area contributed by atoms with E-state index in [-0.39, 0.29) is 5.91 Å². The highest BCUT2D eigenvalue weighted by Crippen LogP contribution is 2.18. The maximum atomic E-state index is 12.1. The van der Waals surface area contributed by atoms with Gasteiger partial charge in [0.05, 0.1) is 6.54 Å². The second-order valence-electron chi connectivity index (χ2n) is 5.44. The number of nitrogens with one attached hydrogen (secondary N) is 1. The first-order valence-electron chi connectivity index (χ1n) is 7.07. The molecular weight excluding hydrogens is 240 g/mol. The van der Waals surface area contributed by atoms with Crippen molar-refractivity contribution in [3.05, 3.63) is 18.2 Å². The molecule has 5 nitrogen and oxygen atoms in total. The molecule has 5 heteroatoms. The van der Waals surface area contributed by atoms with E-state index >= 15 is 0 Å². The summed E-state index contributed by atoms with van der Waals surface area (Å²) in [5, 5.41) is 3.35. The van der Waals surface area contributed by atoms with E-state index in [1.807, 2.05) is 24.9 Å². The average molecular weight is 264 g/mol. The fourth-order valence-corrected chi connectivity index (χ4v) is 2.54. The number of nitrogens with zero attached hydrogens (tertiary/aromatic N) is 3. The Bertz CT molecular complexity index is 409. The van der Waals surface area contributed by atoms with Gasteiger partial charge in [0.25, 0.3) is 0 Å². The van der Waals surface area contributed by atoms with Gasteiger partial charge < -0.3 is 14.8 Å². The van der Waals surface area contributed by atoms with Crippen LogP contribution in [-0.4, -0.2) is 40.5 Å². The Balaban J connectivity index is 1.74. The van der Waals surface area contributed by atoms with Gasteiger partial charge in [0, 0.05) is 32.9 Å². The standard InChI is InChI=1S/C14H24N4O/c1-17-10-9-16-13(17)11-18(2)14(19)4-3-12-5-7-15-8-6-12/h9-10,12,15H,3-8,11H2,1-2H3. The van der Waals surface area contributed by atoms with Gasteiger partial charge in [0.1, 0.15) is 5.82 Å². The molecule has 2 rings (SSSR count). The molecule has 1 N–H and O–H groups in total. The van der Waals surface area contributed by atoms with Gasteiger partial charge in [-0.1, -0.05) is 0 Å². The zero-order valence-corrected chi connectivity index (χ0v) is 11.9. The molecule has 0 atom stereocenters. The molecule has 19 heavy (non-hydrogen) atoms. The van der Waals surface area contributed by atoms with Crippen LogP contribution in [0.5, 0.6) is 0 Å². The van der Waals surface area contributed by atoms with Crippen molar-refractivity contribution >= 4 is 5.91 Å². The molecule has 0 aliphatic carbocycles. The highest BCUT2D eigenvalue weighted by molar-refractivity contribution is 5.75. The minimum atomic E-state index is 0.224. The van der Waals surface area contributed by atoms with Crippen LogP contribution < -0.4 is 5.32 Å². The van der Waals surface area contributed by atoms with E-state index in [0.29, 0.717) is 18.9 Å². The zero-order chi connectivity index (χ0) is 13.7. The van der Waals surface area contributed by atoms with Crippen molar-refractivity contribution in [3.8, 4) is 0 Å². The van der Waals surface area contributed by atoms with Crippen molar-refractivity contribution in [2.45, 2.75) is 32.2 Å². The summed E-state index contributed by atoms with van der Waals surface area (Å²) in [6.07, 6.45) is 7.76. The van der Waals surface area contributed by atoms with Crippen LogP contribution in [0.25, 0.3) is 0 Å². The fourth-order valence-electron chi connectivity index (χ4n) is 2.54. The average Bonchev–Trinajstić information content (AvgIpc) is 2.82. The molecule has 2 heterocycles. The van der Waals surface area contributed by atoms with Crippen molar-refractivity contribution in [3.63, 3.8) is 0 Å². The van der Waals surface area contributed by atoms with E-state index in [1.54, 1.807) is 11.1 Å². The summed E-state index contributed by atoms with van der Waals surface area (Å²) in [4.78, 5) is 18.1. The van der Waals surface area contributed by atoms with Crippen molar-refractivity contribution < 1.29 is 4.79 Å². The molecule has 1 amide bonds. The monoisotopic (exact) mass is 264 g/mol. The number of amides is 1. The number of rotatable bonds is 5. The van der Waals surface area contributed by atoms with E-state index in [0.717, 1.165) is 25.3 Å². The number of imidazole rings is 1. The maximum absolute atomic E-state index is 12.1. The molecular formula is C14H24N4O. The van der Waals surface area contributed by atoms with Gasteiger partial charge in [-0.25, -0.2) is 4.98 Å². The molecule has 1 aliphatic rings. The van der Waals surface area contributed by atoms with Gasteiger partial charge in [-0.2, -0.15) is 0 Å². The Morgan fingerprint density at radius 3 is 2.89 bits per heavy atom. The third-order valence-corrected chi connectivity index (χ3v) is 3.95. The molecule has 0 spiro atoms. The van der Waals surface area contributed by atoms with Gasteiger partial charge in [0.15, 0.2) is 0 Å². The summed E-state index contributed by atoms with van der Waals surface area (Å²) in [6, 6.07) is 0. The number of piperidine rings is 1. The van der Waals surface area contributed by atoms with Crippen LogP contribution in [0.4, 0.5) is 0 Å². The first kappa shape index (κ1) is 14.1. The van der Waals surface area contributed by atoms with Gasteiger partial charge in [-0.15, -0.1) is 0 Å². The van der Waals surface area contributed by atoms with Gasteiger partial charge in [-0.3, -0.25) is 4.79 Å². The highest BCUT2D eigenvalue weighted by atomic mass is 16.2. The van der Waals surface area contributed by atoms with Crippen molar-refractivity contribution in [2.24, 2.45) is 13.0 Å². The first-order chi connectivity index (χ1) is 9.16. The predicted molar refractivity (Wildman–Crippen MR) is 74.5 cm³/mol. The lowest BCUT2D eigenvalue weighted by Gasteiger charge is -2.23. The number of hydrogen-bond acceptors (Lipinski definition) is 3. The summed E-state index contributed by atoms with van der Waals surface area (Å²) >= 11 is 0. The quantitative estimate of drug-likeness (QED) is 0.868. The molecule has 0 saturated carbocycles. The Morgan fingerprint density at radius 2 is 2.26 bits per heavy atom. The van der Waals surface area contributed by atoms with Crippen LogP contribution in [0.15, 0.2) is 12.4 Å². The molecule has 1 fully saturated rings. The molecule has 106 valence electrons. The summed E-state index contributed by atoms with van der Waals surface area (Å²) in [6.45, 7) is 2.79. The number of carbonyl (C=O) groups excluding carboxylic acids is 1. The Morgan fingerprint density at radius 1 is 1.53 bits per heavy atom. The van der Waals surface area contributed by atoms with Crippen LogP contribution >= 0.6 is 0 Å². The molecule has 1 saturated heterocycles. The molecule has 1 aromatic heterocycles. The lowest BCUT2D eigenvalue weighted by Crippen LogP contribution is -2.30. The molecule has 0 aromatic carbocycles. The third-order valence-electron chi connectivity index (χ3n) is 3.95. The maximum Gasteiger partial charge on any atom is 0.222 e. The Labute approximate surface area is 115 Å². The van der Waals surface area contributed by atoms with Crippen LogP contribution in [0.2, 0.25) is 0 Å². The zero-order valence-electron chi connectivity index (χ0n) is 11.9. The number of aromatic nitrogens is 2. The van der Waals surface area contributed by atoms with Crippen LogP contribution in [-0.2, 0) is 18.4 Å². The fraction of sp³-hybridized carbons (Fsp3) is 0.714. The summed E-state index contributed by atoms with van der Waals surface area (Å²) in [5.74, 6) is 1.87. The van der Waals surface area contributed by atoms with E-state index in [9.17, 15) is 4.79 Å². The van der Waals surface area contributed by atoms with Gasteiger partial charge in [0.2, 0.25) is 5.91 Å². The van der Waals surface area contributed by atoms with E-state index in [4.69, 9.17) is 0 Å². The van der Waals surface area contributed by atoms with Crippen LogP contribution in [0, 0.1) is 5.92 Å². The lowest BCUT2D eigenvalue weighted by molar-refractivity contribution is -0.130. The summed E-state index contributed by atoms with van der Waals surface area (Å²) < 4.78 is 1.95. The SMILES string of the molecule is CN(Cc1nccn1C)C(=O)CCC1CCNCC1. The van der Waals surface area contributed by atoms with E-state index in [1.165, 1.54) is 12.8 Å². The molecule has 0 bridgehead atoms. The van der Waals surface area contributed by atoms with E-state index in [2.05, 4.69) is 10.3 Å². The molecule has 0 radical (unpaired) electrons. The van der Waals surface area contributed by atoms with Gasteiger partial charge in [-0.05, 0) is 38.3 Å². The minimum Gasteiger partial charge on any atom is -0.338 e. The van der Waals surface area contributed by atoms with Crippen molar-refractivity contribution in [1.29, 1.82) is 0 Å². The molecule has 1 aliphatic heterocycles. The van der Waals surface area contributed by atoms with Crippen LogP contribution in [0.3, 0.4) is 0 Å². The smallest absolute Gasteiger partial charge is 0.222 e. The summed E-state index contributed by atoms with van der Waals surface area (Å²) in [5.41, 5.74) is 0. The lowest BCUT2D eigenvalue weighted by atomic mass is 9.93. The topological polar surface area (TPSA) is 50.2 Å². The normalized spacial score (nSPS) is 16.5. The second-order valence-corrected chi connectivity index (χ2v) is 5.44.